The maximum absolute atomic E-state index is 11.4. The van der Waals surface area contributed by atoms with Crippen LogP contribution in [0.5, 0.6) is 0 Å². The molecule has 4 nitrogen and oxygen atoms in total. The summed E-state index contributed by atoms with van der Waals surface area (Å²) in [5.74, 6) is -0.478. The van der Waals surface area contributed by atoms with E-state index in [1.54, 1.807) is 32.5 Å². The molecular weight excluding hydrogens is 214 g/mol. The van der Waals surface area contributed by atoms with Gasteiger partial charge in [0.15, 0.2) is 0 Å². The molecule has 0 spiro atoms. The number of hydrogen-bond donors (Lipinski definition) is 2. The standard InChI is InChI=1S/C10H19NO3S/c1-10(2,3)8(9(13)14)11-7(12)5-6-15-4/h8H,5-6H2,1-4H3,(H,11,12)(H,13,14)/t8-/m1/s1. The van der Waals surface area contributed by atoms with Gasteiger partial charge in [-0.15, -0.1) is 0 Å². The molecule has 1 atom stereocenters. The Bertz CT molecular complexity index is 235. The summed E-state index contributed by atoms with van der Waals surface area (Å²) in [5, 5.41) is 11.5. The van der Waals surface area contributed by atoms with E-state index in [0.29, 0.717) is 12.2 Å². The highest BCUT2D eigenvalue weighted by Crippen LogP contribution is 2.19. The summed E-state index contributed by atoms with van der Waals surface area (Å²) in [5.41, 5.74) is -0.471. The summed E-state index contributed by atoms with van der Waals surface area (Å²) < 4.78 is 0. The molecule has 0 unspecified atom stereocenters. The molecule has 0 radical (unpaired) electrons. The Morgan fingerprint density at radius 2 is 1.93 bits per heavy atom. The fourth-order valence-corrected chi connectivity index (χ4v) is 1.47. The van der Waals surface area contributed by atoms with Crippen molar-refractivity contribution in [3.8, 4) is 0 Å². The predicted octanol–water partition coefficient (Wildman–Crippen LogP) is 1.35. The summed E-state index contributed by atoms with van der Waals surface area (Å²) in [6, 6.07) is -0.827. The van der Waals surface area contributed by atoms with Crippen LogP contribution >= 0.6 is 11.8 Å². The van der Waals surface area contributed by atoms with Gasteiger partial charge < -0.3 is 10.4 Å². The first-order valence-electron chi connectivity index (χ1n) is 4.80. The lowest BCUT2D eigenvalue weighted by molar-refractivity contribution is -0.144. The second-order valence-electron chi connectivity index (χ2n) is 4.45. The van der Waals surface area contributed by atoms with Crippen LogP contribution in [0, 0.1) is 5.41 Å². The third-order valence-corrected chi connectivity index (χ3v) is 2.56. The minimum atomic E-state index is -0.986. The predicted molar refractivity (Wildman–Crippen MR) is 62.0 cm³/mol. The summed E-state index contributed by atoms with van der Waals surface area (Å²) in [6.07, 6.45) is 2.27. The lowest BCUT2D eigenvalue weighted by Gasteiger charge is -2.27. The Kier molecular flexibility index (Phi) is 5.72. The normalized spacial score (nSPS) is 13.3. The number of thioether (sulfide) groups is 1. The van der Waals surface area contributed by atoms with E-state index in [0.717, 1.165) is 0 Å². The molecule has 0 bridgehead atoms. The highest BCUT2D eigenvalue weighted by atomic mass is 32.2. The van der Waals surface area contributed by atoms with Crippen molar-refractivity contribution in [3.63, 3.8) is 0 Å². The third kappa shape index (κ3) is 5.67. The topological polar surface area (TPSA) is 66.4 Å². The number of amides is 1. The van der Waals surface area contributed by atoms with Gasteiger partial charge in [0.1, 0.15) is 6.04 Å². The summed E-state index contributed by atoms with van der Waals surface area (Å²) in [4.78, 5) is 22.3. The van der Waals surface area contributed by atoms with E-state index in [1.807, 2.05) is 6.26 Å². The Morgan fingerprint density at radius 3 is 2.27 bits per heavy atom. The van der Waals surface area contributed by atoms with Gasteiger partial charge in [0, 0.05) is 12.2 Å². The molecule has 0 saturated heterocycles. The Balaban J connectivity index is 4.31. The van der Waals surface area contributed by atoms with Crippen molar-refractivity contribution < 1.29 is 14.7 Å². The molecule has 0 aromatic carbocycles. The molecule has 0 aromatic rings. The zero-order valence-electron chi connectivity index (χ0n) is 9.66. The molecule has 0 heterocycles. The number of carbonyl (C=O) groups excluding carboxylic acids is 1. The van der Waals surface area contributed by atoms with E-state index in [4.69, 9.17) is 5.11 Å². The van der Waals surface area contributed by atoms with Crippen LogP contribution in [0.15, 0.2) is 0 Å². The van der Waals surface area contributed by atoms with Gasteiger partial charge in [0.05, 0.1) is 0 Å². The van der Waals surface area contributed by atoms with Crippen LogP contribution in [0.25, 0.3) is 0 Å². The molecule has 5 heteroatoms. The largest absolute Gasteiger partial charge is 0.480 e. The highest BCUT2D eigenvalue weighted by Gasteiger charge is 2.32. The minimum Gasteiger partial charge on any atom is -0.480 e. The van der Waals surface area contributed by atoms with Crippen LogP contribution in [0.3, 0.4) is 0 Å². The van der Waals surface area contributed by atoms with Crippen molar-refractivity contribution in [1.29, 1.82) is 0 Å². The molecule has 1 amide bonds. The van der Waals surface area contributed by atoms with Gasteiger partial charge in [0.2, 0.25) is 5.91 Å². The molecule has 88 valence electrons. The molecule has 0 aliphatic rings. The van der Waals surface area contributed by atoms with Crippen LogP contribution in [-0.2, 0) is 9.59 Å². The number of aliphatic carboxylic acids is 1. The number of rotatable bonds is 5. The van der Waals surface area contributed by atoms with Gasteiger partial charge in [-0.2, -0.15) is 11.8 Å². The Labute approximate surface area is 94.8 Å². The van der Waals surface area contributed by atoms with E-state index >= 15 is 0 Å². The van der Waals surface area contributed by atoms with Gasteiger partial charge >= 0.3 is 5.97 Å². The maximum Gasteiger partial charge on any atom is 0.326 e. The number of carboxylic acid groups (broad SMARTS) is 1. The van der Waals surface area contributed by atoms with Crippen LogP contribution in [-0.4, -0.2) is 35.0 Å². The highest BCUT2D eigenvalue weighted by molar-refractivity contribution is 7.98. The zero-order chi connectivity index (χ0) is 12.1. The molecule has 0 aliphatic carbocycles. The first kappa shape index (κ1) is 14.3. The van der Waals surface area contributed by atoms with Crippen molar-refractivity contribution in [3.05, 3.63) is 0 Å². The smallest absolute Gasteiger partial charge is 0.326 e. The van der Waals surface area contributed by atoms with Crippen molar-refractivity contribution in [2.24, 2.45) is 5.41 Å². The molecular formula is C10H19NO3S. The van der Waals surface area contributed by atoms with E-state index < -0.39 is 17.4 Å². The summed E-state index contributed by atoms with van der Waals surface area (Å²) in [7, 11) is 0. The maximum atomic E-state index is 11.4. The van der Waals surface area contributed by atoms with Crippen molar-refractivity contribution in [2.45, 2.75) is 33.2 Å². The monoisotopic (exact) mass is 233 g/mol. The first-order chi connectivity index (χ1) is 6.79. The number of hydrogen-bond acceptors (Lipinski definition) is 3. The fourth-order valence-electron chi connectivity index (χ4n) is 1.08. The fraction of sp³-hybridized carbons (Fsp3) is 0.800. The van der Waals surface area contributed by atoms with Gasteiger partial charge in [-0.05, 0) is 11.7 Å². The van der Waals surface area contributed by atoms with Crippen molar-refractivity contribution >= 4 is 23.6 Å². The van der Waals surface area contributed by atoms with Crippen LogP contribution in [0.2, 0.25) is 0 Å². The SMILES string of the molecule is CSCCC(=O)N[C@H](C(=O)O)C(C)(C)C. The van der Waals surface area contributed by atoms with E-state index in [-0.39, 0.29) is 5.91 Å². The molecule has 0 rings (SSSR count). The molecule has 0 aliphatic heterocycles. The lowest BCUT2D eigenvalue weighted by atomic mass is 9.87. The average molecular weight is 233 g/mol. The van der Waals surface area contributed by atoms with Crippen molar-refractivity contribution in [2.75, 3.05) is 12.0 Å². The first-order valence-corrected chi connectivity index (χ1v) is 6.19. The Morgan fingerprint density at radius 1 is 1.40 bits per heavy atom. The number of carbonyl (C=O) groups is 2. The summed E-state index contributed by atoms with van der Waals surface area (Å²) in [6.45, 7) is 5.38. The quantitative estimate of drug-likeness (QED) is 0.752. The molecule has 0 fully saturated rings. The van der Waals surface area contributed by atoms with Crippen LogP contribution < -0.4 is 5.32 Å². The summed E-state index contributed by atoms with van der Waals surface area (Å²) >= 11 is 1.56. The number of carboxylic acids is 1. The molecule has 2 N–H and O–H groups in total. The second-order valence-corrected chi connectivity index (χ2v) is 5.43. The van der Waals surface area contributed by atoms with Gasteiger partial charge in [0.25, 0.3) is 0 Å². The lowest BCUT2D eigenvalue weighted by Crippen LogP contribution is -2.49. The molecule has 0 aromatic heterocycles. The Hall–Kier alpha value is -0.710. The molecule has 0 saturated carbocycles. The van der Waals surface area contributed by atoms with Gasteiger partial charge in [-0.1, -0.05) is 20.8 Å². The second kappa shape index (κ2) is 6.00. The van der Waals surface area contributed by atoms with E-state index in [2.05, 4.69) is 5.32 Å². The van der Waals surface area contributed by atoms with Crippen molar-refractivity contribution in [1.82, 2.24) is 5.32 Å². The van der Waals surface area contributed by atoms with E-state index in [9.17, 15) is 9.59 Å². The van der Waals surface area contributed by atoms with Gasteiger partial charge in [-0.3, -0.25) is 4.79 Å². The molecule has 15 heavy (non-hydrogen) atoms. The van der Waals surface area contributed by atoms with Crippen LogP contribution in [0.4, 0.5) is 0 Å². The number of nitrogens with one attached hydrogen (secondary N) is 1. The zero-order valence-corrected chi connectivity index (χ0v) is 10.5. The minimum absolute atomic E-state index is 0.202. The third-order valence-electron chi connectivity index (χ3n) is 1.95. The van der Waals surface area contributed by atoms with Gasteiger partial charge in [-0.25, -0.2) is 4.79 Å². The van der Waals surface area contributed by atoms with E-state index in [1.165, 1.54) is 0 Å². The average Bonchev–Trinajstić information content (AvgIpc) is 2.08. The van der Waals surface area contributed by atoms with Crippen LogP contribution in [0.1, 0.15) is 27.2 Å².